The van der Waals surface area contributed by atoms with Gasteiger partial charge in [0.25, 0.3) is 0 Å². The topological polar surface area (TPSA) is 0 Å². The molecule has 0 saturated carbocycles. The molecule has 0 heterocycles. The third-order valence-corrected chi connectivity index (χ3v) is 20.1. The van der Waals surface area contributed by atoms with Gasteiger partial charge in [-0.15, -0.1) is 0 Å². The lowest BCUT2D eigenvalue weighted by atomic mass is 9.95. The summed E-state index contributed by atoms with van der Waals surface area (Å²) in [4.78, 5) is 0. The minimum atomic E-state index is -3.61. The molecule has 0 spiro atoms. The van der Waals surface area contributed by atoms with Crippen LogP contribution in [0.3, 0.4) is 0 Å². The second kappa shape index (κ2) is 18.2. The molecule has 0 saturated heterocycles. The maximum absolute atomic E-state index is 3.61. The van der Waals surface area contributed by atoms with E-state index < -0.39 is 8.07 Å². The van der Waals surface area contributed by atoms with Crippen LogP contribution < -0.4 is 15.6 Å². The van der Waals surface area contributed by atoms with E-state index in [1.807, 2.05) is 0 Å². The number of benzene rings is 9. The third-order valence-electron chi connectivity index (χ3n) is 14.9. The fraction of sp³-hybridized carbons (Fsp3) is 0.121. The highest BCUT2D eigenvalue weighted by Gasteiger charge is 2.52. The summed E-state index contributed by atoms with van der Waals surface area (Å²) in [7, 11) is -3.61. The summed E-state index contributed by atoms with van der Waals surface area (Å²) in [5.41, 5.74) is 23.1. The predicted octanol–water partition coefficient (Wildman–Crippen LogP) is 15.9. The van der Waals surface area contributed by atoms with Crippen LogP contribution in [0.5, 0.6) is 0 Å². The van der Waals surface area contributed by atoms with Gasteiger partial charge in [0.15, 0.2) is 8.07 Å². The summed E-state index contributed by atoms with van der Waals surface area (Å²) < 4.78 is 0. The Morgan fingerprint density at radius 2 is 0.522 bits per heavy atom. The highest BCUT2D eigenvalue weighted by molar-refractivity contribution is 7.18. The van der Waals surface area contributed by atoms with Gasteiger partial charge in [-0.2, -0.15) is 0 Å². The van der Waals surface area contributed by atoms with Crippen molar-refractivity contribution in [3.63, 3.8) is 0 Å². The monoisotopic (exact) mass is 878 g/mol. The Morgan fingerprint density at radius 3 is 0.746 bits per heavy atom. The zero-order valence-corrected chi connectivity index (χ0v) is 40.9. The Morgan fingerprint density at radius 1 is 0.284 bits per heavy atom. The molecule has 0 fully saturated rings. The van der Waals surface area contributed by atoms with Crippen molar-refractivity contribution in [2.75, 3.05) is 0 Å². The molecule has 0 aromatic heterocycles. The van der Waals surface area contributed by atoms with E-state index in [1.54, 1.807) is 5.20 Å². The van der Waals surface area contributed by atoms with Crippen LogP contribution in [0.25, 0.3) is 66.8 Å². The van der Waals surface area contributed by atoms with Crippen LogP contribution in [0.1, 0.15) is 44.4 Å². The van der Waals surface area contributed by atoms with Crippen LogP contribution in [-0.4, -0.2) is 8.07 Å². The molecule has 0 radical (unpaired) electrons. The average molecular weight is 879 g/mol. The Hall–Kier alpha value is -7.32. The minimum absolute atomic E-state index is 0.173. The molecule has 1 unspecified atom stereocenters. The molecular formula is C66H58Si. The number of hydrogen-bond donors (Lipinski definition) is 0. The molecule has 0 nitrogen and oxygen atoms in total. The molecule has 326 valence electrons. The van der Waals surface area contributed by atoms with E-state index >= 15 is 0 Å². The Balaban J connectivity index is 1.54. The van der Waals surface area contributed by atoms with Crippen molar-refractivity contribution in [1.82, 2.24) is 0 Å². The molecule has 1 heteroatoms. The van der Waals surface area contributed by atoms with Crippen molar-refractivity contribution >= 4 is 23.6 Å². The van der Waals surface area contributed by atoms with Crippen LogP contribution in [0, 0.1) is 26.7 Å². The van der Waals surface area contributed by atoms with Gasteiger partial charge in [0.05, 0.1) is 0 Å². The lowest BCUT2D eigenvalue weighted by Crippen LogP contribution is -2.71. The van der Waals surface area contributed by atoms with Crippen molar-refractivity contribution in [1.29, 1.82) is 0 Å². The number of allylic oxidation sites excluding steroid dienone is 4. The van der Waals surface area contributed by atoms with Crippen LogP contribution in [0.4, 0.5) is 0 Å². The molecule has 0 amide bonds. The van der Waals surface area contributed by atoms with E-state index in [-0.39, 0.29) is 5.92 Å². The molecule has 0 N–H and O–H groups in total. The standard InChI is InChI=1S/C66H58Si/c1-44-38-60(54-32-20-11-21-33-54)63(41-57(44)51-26-14-8-15-27-51)67(66-49(6)47(4)48(5)50(66)7,64-42-58(52-28-16-9-17-29-52)45(2)39-61(64)55-34-22-12-23-35-55)65-43-59(53-30-18-10-19-31-53)46(3)40-62(65)56-36-24-13-25-37-56/h8-43,49H,1-7H3. The normalized spacial score (nSPS) is 13.9. The van der Waals surface area contributed by atoms with E-state index in [2.05, 4.69) is 267 Å². The van der Waals surface area contributed by atoms with E-state index in [0.29, 0.717) is 0 Å². The van der Waals surface area contributed by atoms with Crippen LogP contribution in [-0.2, 0) is 0 Å². The highest BCUT2D eigenvalue weighted by atomic mass is 28.3. The maximum Gasteiger partial charge on any atom is 0.178 e. The number of rotatable bonds is 10. The van der Waals surface area contributed by atoms with Crippen LogP contribution in [0.15, 0.2) is 240 Å². The quantitative estimate of drug-likeness (QED) is 0.0948. The van der Waals surface area contributed by atoms with E-state index in [1.165, 1.54) is 116 Å². The molecule has 0 bridgehead atoms. The third kappa shape index (κ3) is 7.68. The summed E-state index contributed by atoms with van der Waals surface area (Å²) in [6.45, 7) is 16.6. The van der Waals surface area contributed by atoms with Crippen molar-refractivity contribution in [3.8, 4) is 66.8 Å². The second-order valence-corrected chi connectivity index (χ2v) is 22.3. The first-order valence-corrected chi connectivity index (χ1v) is 25.8. The molecular weight excluding hydrogens is 821 g/mol. The first-order chi connectivity index (χ1) is 32.7. The van der Waals surface area contributed by atoms with E-state index in [0.717, 1.165) is 0 Å². The molecule has 10 rings (SSSR count). The van der Waals surface area contributed by atoms with Gasteiger partial charge in [-0.25, -0.2) is 0 Å². The van der Waals surface area contributed by atoms with Crippen molar-refractivity contribution in [3.05, 3.63) is 257 Å². The fourth-order valence-electron chi connectivity index (χ4n) is 11.3. The number of hydrogen-bond acceptors (Lipinski definition) is 0. The zero-order valence-electron chi connectivity index (χ0n) is 39.9. The zero-order chi connectivity index (χ0) is 46.2. The fourth-order valence-corrected chi connectivity index (χ4v) is 17.6. The Kier molecular flexibility index (Phi) is 11.8. The summed E-state index contributed by atoms with van der Waals surface area (Å²) in [5, 5.41) is 5.79. The van der Waals surface area contributed by atoms with Crippen molar-refractivity contribution in [2.45, 2.75) is 48.5 Å². The van der Waals surface area contributed by atoms with Crippen molar-refractivity contribution < 1.29 is 0 Å². The molecule has 1 atom stereocenters. The minimum Gasteiger partial charge on any atom is -0.0636 e. The first kappa shape index (κ1) is 43.6. The molecule has 0 aliphatic heterocycles. The molecule has 9 aromatic rings. The van der Waals surface area contributed by atoms with E-state index in [9.17, 15) is 0 Å². The van der Waals surface area contributed by atoms with Gasteiger partial charge in [0.1, 0.15) is 0 Å². The Labute approximate surface area is 399 Å². The van der Waals surface area contributed by atoms with Crippen LogP contribution >= 0.6 is 0 Å². The highest BCUT2D eigenvalue weighted by Crippen LogP contribution is 2.46. The predicted molar refractivity (Wildman–Crippen MR) is 291 cm³/mol. The van der Waals surface area contributed by atoms with Crippen LogP contribution in [0.2, 0.25) is 0 Å². The summed E-state index contributed by atoms with van der Waals surface area (Å²) >= 11 is 0. The van der Waals surface area contributed by atoms with Gasteiger partial charge < -0.3 is 0 Å². The van der Waals surface area contributed by atoms with Gasteiger partial charge in [0.2, 0.25) is 0 Å². The van der Waals surface area contributed by atoms with Gasteiger partial charge in [0, 0.05) is 0 Å². The summed E-state index contributed by atoms with van der Waals surface area (Å²) in [6.07, 6.45) is 0. The van der Waals surface area contributed by atoms with Gasteiger partial charge in [-0.05, 0) is 152 Å². The molecule has 67 heavy (non-hydrogen) atoms. The number of aryl methyl sites for hydroxylation is 3. The smallest absolute Gasteiger partial charge is 0.0636 e. The lowest BCUT2D eigenvalue weighted by molar-refractivity contribution is 0.852. The largest absolute Gasteiger partial charge is 0.178 e. The van der Waals surface area contributed by atoms with Crippen molar-refractivity contribution in [2.24, 2.45) is 5.92 Å². The average Bonchev–Trinajstić information content (AvgIpc) is 3.57. The first-order valence-electron chi connectivity index (χ1n) is 23.8. The Bertz CT molecular complexity index is 2990. The maximum atomic E-state index is 2.66. The molecule has 9 aromatic carbocycles. The van der Waals surface area contributed by atoms with E-state index in [4.69, 9.17) is 0 Å². The summed E-state index contributed by atoms with van der Waals surface area (Å²) in [6, 6.07) is 82.6. The SMILES string of the molecule is CC1=C(C)C(C)C([Si](c2cc(-c3ccccc3)c(C)cc2-c2ccccc2)(c2cc(-c3ccccc3)c(C)cc2-c2ccccc2)c2cc(-c3ccccc3)c(C)cc2-c2ccccc2)=C1C. The second-order valence-electron chi connectivity index (χ2n) is 18.7. The summed E-state index contributed by atoms with van der Waals surface area (Å²) in [5.74, 6) is 0.173. The van der Waals surface area contributed by atoms with Gasteiger partial charge in [-0.3, -0.25) is 0 Å². The molecule has 1 aliphatic rings. The molecule has 1 aliphatic carbocycles. The van der Waals surface area contributed by atoms with Gasteiger partial charge in [-0.1, -0.05) is 242 Å². The van der Waals surface area contributed by atoms with Gasteiger partial charge >= 0.3 is 0 Å². The lowest BCUT2D eigenvalue weighted by Gasteiger charge is -2.43.